The van der Waals surface area contributed by atoms with Crippen molar-refractivity contribution in [1.82, 2.24) is 4.98 Å². The smallest absolute Gasteiger partial charge is 0.340 e. The zero-order valence-corrected chi connectivity index (χ0v) is 16.9. The van der Waals surface area contributed by atoms with E-state index in [0.29, 0.717) is 11.3 Å². The number of nitrogens with one attached hydrogen (secondary N) is 1. The van der Waals surface area contributed by atoms with Gasteiger partial charge < -0.3 is 10.1 Å². The molecule has 28 heavy (non-hydrogen) atoms. The minimum Gasteiger partial charge on any atom is -0.462 e. The average Bonchev–Trinajstić information content (AvgIpc) is 3.03. The molecule has 0 saturated heterocycles. The van der Waals surface area contributed by atoms with Crippen molar-refractivity contribution in [2.24, 2.45) is 0 Å². The van der Waals surface area contributed by atoms with Gasteiger partial charge in [0.25, 0.3) is 0 Å². The number of thiazole rings is 1. The lowest BCUT2D eigenvalue weighted by Gasteiger charge is -2.10. The third-order valence-corrected chi connectivity index (χ3v) is 5.12. The van der Waals surface area contributed by atoms with Crippen molar-refractivity contribution >= 4 is 28.9 Å². The summed E-state index contributed by atoms with van der Waals surface area (Å²) in [6.07, 6.45) is 0.186. The molecule has 0 fully saturated rings. The van der Waals surface area contributed by atoms with Crippen molar-refractivity contribution in [2.75, 3.05) is 11.9 Å². The topological polar surface area (TPSA) is 68.3 Å². The Morgan fingerprint density at radius 3 is 2.50 bits per heavy atom. The first-order chi connectivity index (χ1) is 13.5. The van der Waals surface area contributed by atoms with E-state index in [9.17, 15) is 9.59 Å². The first-order valence-corrected chi connectivity index (χ1v) is 9.89. The number of rotatable bonds is 6. The van der Waals surface area contributed by atoms with Crippen LogP contribution in [0.5, 0.6) is 0 Å². The lowest BCUT2D eigenvalue weighted by Crippen LogP contribution is -2.17. The summed E-state index contributed by atoms with van der Waals surface area (Å²) in [5.41, 5.74) is 3.78. The van der Waals surface area contributed by atoms with Crippen LogP contribution in [0, 0.1) is 13.8 Å². The van der Waals surface area contributed by atoms with Gasteiger partial charge in [-0.25, -0.2) is 9.78 Å². The normalized spacial score (nSPS) is 10.5. The monoisotopic (exact) mass is 394 g/mol. The van der Waals surface area contributed by atoms with Crippen LogP contribution in [0.4, 0.5) is 5.69 Å². The summed E-state index contributed by atoms with van der Waals surface area (Å²) in [6, 6.07) is 14.9. The number of aromatic nitrogens is 1. The van der Waals surface area contributed by atoms with Crippen molar-refractivity contribution in [3.8, 4) is 11.3 Å². The quantitative estimate of drug-likeness (QED) is 0.611. The first kappa shape index (κ1) is 19.8. The third-order valence-electron chi connectivity index (χ3n) is 4.15. The summed E-state index contributed by atoms with van der Waals surface area (Å²) in [6.45, 7) is 5.99. The van der Waals surface area contributed by atoms with Crippen molar-refractivity contribution in [3.05, 3.63) is 69.5 Å². The minimum atomic E-state index is -0.452. The lowest BCUT2D eigenvalue weighted by molar-refractivity contribution is -0.115. The number of aryl methyl sites for hydroxylation is 2. The molecule has 0 radical (unpaired) electrons. The maximum atomic E-state index is 12.7. The van der Waals surface area contributed by atoms with E-state index in [1.54, 1.807) is 31.2 Å². The number of hydrogen-bond donors (Lipinski definition) is 1. The van der Waals surface area contributed by atoms with E-state index in [1.165, 1.54) is 16.9 Å². The van der Waals surface area contributed by atoms with Crippen LogP contribution < -0.4 is 5.32 Å². The second-order valence-corrected chi connectivity index (χ2v) is 7.65. The summed E-state index contributed by atoms with van der Waals surface area (Å²) < 4.78 is 5.06. The molecular formula is C22H22N2O3S. The number of esters is 1. The van der Waals surface area contributed by atoms with E-state index in [2.05, 4.69) is 10.3 Å². The van der Waals surface area contributed by atoms with E-state index in [1.807, 2.05) is 38.1 Å². The molecule has 3 rings (SSSR count). The third kappa shape index (κ3) is 4.64. The molecular weight excluding hydrogens is 372 g/mol. The van der Waals surface area contributed by atoms with Gasteiger partial charge in [-0.3, -0.25) is 4.79 Å². The van der Waals surface area contributed by atoms with Crippen molar-refractivity contribution in [3.63, 3.8) is 0 Å². The second-order valence-electron chi connectivity index (χ2n) is 6.36. The molecule has 1 heterocycles. The molecule has 6 heteroatoms. The largest absolute Gasteiger partial charge is 0.462 e. The number of para-hydroxylation sites is 1. The molecule has 1 N–H and O–H groups in total. The van der Waals surface area contributed by atoms with Gasteiger partial charge >= 0.3 is 5.97 Å². The molecule has 3 aromatic rings. The summed E-state index contributed by atoms with van der Waals surface area (Å²) >= 11 is 1.51. The zero-order valence-electron chi connectivity index (χ0n) is 16.1. The van der Waals surface area contributed by atoms with Crippen molar-refractivity contribution in [1.29, 1.82) is 0 Å². The van der Waals surface area contributed by atoms with Crippen molar-refractivity contribution in [2.45, 2.75) is 27.2 Å². The molecule has 0 atom stereocenters. The maximum Gasteiger partial charge on any atom is 0.340 e. The number of nitrogens with zero attached hydrogens (tertiary/aromatic N) is 1. The van der Waals surface area contributed by atoms with Crippen LogP contribution in [-0.4, -0.2) is 23.5 Å². The molecule has 1 amide bonds. The Morgan fingerprint density at radius 1 is 1.07 bits per heavy atom. The molecule has 1 aromatic heterocycles. The van der Waals surface area contributed by atoms with E-state index in [0.717, 1.165) is 21.1 Å². The van der Waals surface area contributed by atoms with Gasteiger partial charge in [0.15, 0.2) is 0 Å². The van der Waals surface area contributed by atoms with E-state index in [4.69, 9.17) is 4.74 Å². The highest BCUT2D eigenvalue weighted by Crippen LogP contribution is 2.29. The molecule has 0 bridgehead atoms. The number of ether oxygens (including phenoxy) is 1. The Bertz CT molecular complexity index is 993. The van der Waals surface area contributed by atoms with Gasteiger partial charge in [-0.2, -0.15) is 0 Å². The van der Waals surface area contributed by atoms with Crippen LogP contribution in [0.1, 0.15) is 32.7 Å². The van der Waals surface area contributed by atoms with Gasteiger partial charge in [-0.1, -0.05) is 42.0 Å². The summed E-state index contributed by atoms with van der Waals surface area (Å²) in [7, 11) is 0. The molecule has 5 nitrogen and oxygen atoms in total. The Hall–Kier alpha value is -2.99. The number of hydrogen-bond acceptors (Lipinski definition) is 5. The molecule has 144 valence electrons. The van der Waals surface area contributed by atoms with Gasteiger partial charge in [-0.15, -0.1) is 11.3 Å². The fourth-order valence-electron chi connectivity index (χ4n) is 2.85. The highest BCUT2D eigenvalue weighted by atomic mass is 32.1. The average molecular weight is 394 g/mol. The summed E-state index contributed by atoms with van der Waals surface area (Å²) in [5, 5.41) is 3.74. The second kappa shape index (κ2) is 8.80. The van der Waals surface area contributed by atoms with Gasteiger partial charge in [-0.05, 0) is 32.9 Å². The summed E-state index contributed by atoms with van der Waals surface area (Å²) in [5.74, 6) is -0.652. The summed E-state index contributed by atoms with van der Waals surface area (Å²) in [4.78, 5) is 30.3. The lowest BCUT2D eigenvalue weighted by atomic mass is 10.1. The van der Waals surface area contributed by atoms with E-state index in [-0.39, 0.29) is 18.9 Å². The Morgan fingerprint density at radius 2 is 1.79 bits per heavy atom. The van der Waals surface area contributed by atoms with Crippen LogP contribution in [0.15, 0.2) is 48.5 Å². The number of amides is 1. The number of anilines is 1. The number of carbonyl (C=O) groups is 2. The first-order valence-electron chi connectivity index (χ1n) is 9.07. The molecule has 2 aromatic carbocycles. The fraction of sp³-hybridized carbons (Fsp3) is 0.227. The Kier molecular flexibility index (Phi) is 6.21. The van der Waals surface area contributed by atoms with Gasteiger partial charge in [0, 0.05) is 10.4 Å². The standard InChI is InChI=1S/C22H22N2O3S/c1-4-27-22(26)17-7-5-6-8-18(17)24-20(25)13-19-21(23-15(3)28-19)16-11-9-14(2)10-12-16/h5-12H,4,13H2,1-3H3,(H,24,25). The predicted molar refractivity (Wildman–Crippen MR) is 112 cm³/mol. The SMILES string of the molecule is CCOC(=O)c1ccccc1NC(=O)Cc1sc(C)nc1-c1ccc(C)cc1. The molecule has 0 aliphatic heterocycles. The number of carbonyl (C=O) groups excluding carboxylic acids is 2. The van der Waals surface area contributed by atoms with Crippen LogP contribution >= 0.6 is 11.3 Å². The minimum absolute atomic E-state index is 0.186. The highest BCUT2D eigenvalue weighted by Gasteiger charge is 2.17. The van der Waals surface area contributed by atoms with Gasteiger partial charge in [0.1, 0.15) is 0 Å². The van der Waals surface area contributed by atoms with Crippen LogP contribution in [0.2, 0.25) is 0 Å². The molecule has 0 saturated carbocycles. The van der Waals surface area contributed by atoms with Crippen molar-refractivity contribution < 1.29 is 14.3 Å². The van der Waals surface area contributed by atoms with Crippen LogP contribution in [-0.2, 0) is 16.0 Å². The maximum absolute atomic E-state index is 12.7. The fourth-order valence-corrected chi connectivity index (χ4v) is 3.80. The van der Waals surface area contributed by atoms with E-state index >= 15 is 0 Å². The van der Waals surface area contributed by atoms with Crippen LogP contribution in [0.25, 0.3) is 11.3 Å². The molecule has 0 spiro atoms. The zero-order chi connectivity index (χ0) is 20.1. The van der Waals surface area contributed by atoms with Gasteiger partial charge in [0.05, 0.1) is 35.0 Å². The molecule has 0 aliphatic rings. The van der Waals surface area contributed by atoms with Gasteiger partial charge in [0.2, 0.25) is 5.91 Å². The highest BCUT2D eigenvalue weighted by molar-refractivity contribution is 7.12. The Labute approximate surface area is 168 Å². The number of benzene rings is 2. The van der Waals surface area contributed by atoms with Crippen LogP contribution in [0.3, 0.4) is 0 Å². The predicted octanol–water partition coefficient (Wildman–Crippen LogP) is 4.78. The molecule has 0 aliphatic carbocycles. The van der Waals surface area contributed by atoms with E-state index < -0.39 is 5.97 Å². The molecule has 0 unspecified atom stereocenters. The Balaban J connectivity index is 1.80.